The zero-order valence-electron chi connectivity index (χ0n) is 7.94. The van der Waals surface area contributed by atoms with E-state index in [-0.39, 0.29) is 12.3 Å². The fourth-order valence-electron chi connectivity index (χ4n) is 2.11. The van der Waals surface area contributed by atoms with E-state index >= 15 is 0 Å². The van der Waals surface area contributed by atoms with Gasteiger partial charge in [0.05, 0.1) is 6.42 Å². The molecule has 1 aliphatic rings. The van der Waals surface area contributed by atoms with Crippen LogP contribution < -0.4 is 0 Å². The summed E-state index contributed by atoms with van der Waals surface area (Å²) in [5.41, 5.74) is 2.23. The molecule has 0 bridgehead atoms. The lowest BCUT2D eigenvalue weighted by Gasteiger charge is -2.22. The molecular formula is C11H13NO2. The van der Waals surface area contributed by atoms with Crippen LogP contribution in [-0.2, 0) is 11.2 Å². The summed E-state index contributed by atoms with van der Waals surface area (Å²) in [5, 5.41) is 8.76. The summed E-state index contributed by atoms with van der Waals surface area (Å²) in [4.78, 5) is 14.9. The predicted octanol–water partition coefficient (Wildman–Crippen LogP) is 1.98. The smallest absolute Gasteiger partial charge is 0.304 e. The summed E-state index contributed by atoms with van der Waals surface area (Å²) in [6.45, 7) is 0. The monoisotopic (exact) mass is 191 g/mol. The van der Waals surface area contributed by atoms with Gasteiger partial charge in [0.15, 0.2) is 0 Å². The summed E-state index contributed by atoms with van der Waals surface area (Å²) in [6, 6.07) is 3.97. The highest BCUT2D eigenvalue weighted by Gasteiger charge is 2.23. The average molecular weight is 191 g/mol. The molecule has 1 unspecified atom stereocenters. The Morgan fingerprint density at radius 1 is 1.64 bits per heavy atom. The minimum atomic E-state index is -0.728. The van der Waals surface area contributed by atoms with Crippen molar-refractivity contribution in [3.63, 3.8) is 0 Å². The van der Waals surface area contributed by atoms with Gasteiger partial charge in [-0.1, -0.05) is 6.07 Å². The van der Waals surface area contributed by atoms with E-state index in [1.54, 1.807) is 6.20 Å². The van der Waals surface area contributed by atoms with Gasteiger partial charge in [-0.05, 0) is 30.9 Å². The summed E-state index contributed by atoms with van der Waals surface area (Å²) < 4.78 is 0. The number of aryl methyl sites for hydroxylation is 1. The van der Waals surface area contributed by atoms with Crippen LogP contribution in [0.3, 0.4) is 0 Å². The molecule has 0 saturated heterocycles. The number of hydrogen-bond acceptors (Lipinski definition) is 2. The van der Waals surface area contributed by atoms with E-state index in [0.29, 0.717) is 0 Å². The summed E-state index contributed by atoms with van der Waals surface area (Å²) in [7, 11) is 0. The van der Waals surface area contributed by atoms with Crippen molar-refractivity contribution in [2.45, 2.75) is 31.6 Å². The Morgan fingerprint density at radius 3 is 3.29 bits per heavy atom. The van der Waals surface area contributed by atoms with Crippen molar-refractivity contribution < 1.29 is 9.90 Å². The van der Waals surface area contributed by atoms with Crippen LogP contribution in [0.4, 0.5) is 0 Å². The molecule has 1 aromatic rings. The minimum Gasteiger partial charge on any atom is -0.481 e. The number of carbonyl (C=O) groups is 1. The fraction of sp³-hybridized carbons (Fsp3) is 0.455. The van der Waals surface area contributed by atoms with Crippen molar-refractivity contribution in [3.8, 4) is 0 Å². The number of fused-ring (bicyclic) bond motifs is 1. The molecule has 0 aromatic carbocycles. The number of hydrogen-bond donors (Lipinski definition) is 1. The van der Waals surface area contributed by atoms with Gasteiger partial charge in [0.1, 0.15) is 0 Å². The third kappa shape index (κ3) is 1.76. The molecule has 0 saturated carbocycles. The van der Waals surface area contributed by atoms with Gasteiger partial charge in [-0.15, -0.1) is 0 Å². The van der Waals surface area contributed by atoms with Gasteiger partial charge in [-0.2, -0.15) is 0 Å². The van der Waals surface area contributed by atoms with Crippen LogP contribution >= 0.6 is 0 Å². The number of aliphatic carboxylic acids is 1. The van der Waals surface area contributed by atoms with E-state index in [1.807, 2.05) is 6.07 Å². The quantitative estimate of drug-likeness (QED) is 0.777. The van der Waals surface area contributed by atoms with E-state index in [1.165, 1.54) is 5.56 Å². The molecule has 14 heavy (non-hydrogen) atoms. The van der Waals surface area contributed by atoms with Crippen molar-refractivity contribution in [3.05, 3.63) is 29.6 Å². The Balaban J connectivity index is 2.26. The second-order valence-corrected chi connectivity index (χ2v) is 3.73. The number of carboxylic acids is 1. The molecule has 1 atom stereocenters. The normalized spacial score (nSPS) is 20.1. The molecular weight excluding hydrogens is 178 g/mol. The van der Waals surface area contributed by atoms with Gasteiger partial charge in [0.25, 0.3) is 0 Å². The lowest BCUT2D eigenvalue weighted by atomic mass is 9.85. The summed E-state index contributed by atoms with van der Waals surface area (Å²) >= 11 is 0. The van der Waals surface area contributed by atoms with E-state index < -0.39 is 5.97 Å². The van der Waals surface area contributed by atoms with Crippen LogP contribution in [0, 0.1) is 0 Å². The third-order valence-corrected chi connectivity index (χ3v) is 2.73. The molecule has 1 aliphatic carbocycles. The SMILES string of the molecule is O=C(O)CC1CCCc2cccnc21. The van der Waals surface area contributed by atoms with Gasteiger partial charge in [0.2, 0.25) is 0 Å². The van der Waals surface area contributed by atoms with Gasteiger partial charge in [-0.25, -0.2) is 0 Å². The number of rotatable bonds is 2. The predicted molar refractivity (Wildman–Crippen MR) is 52.2 cm³/mol. The molecule has 2 rings (SSSR count). The molecule has 1 N–H and O–H groups in total. The van der Waals surface area contributed by atoms with Crippen molar-refractivity contribution in [1.29, 1.82) is 0 Å². The second-order valence-electron chi connectivity index (χ2n) is 3.73. The van der Waals surface area contributed by atoms with Gasteiger partial charge in [0, 0.05) is 17.8 Å². The van der Waals surface area contributed by atoms with Crippen LogP contribution in [0.5, 0.6) is 0 Å². The molecule has 3 heteroatoms. The van der Waals surface area contributed by atoms with Crippen molar-refractivity contribution in [1.82, 2.24) is 4.98 Å². The Bertz CT molecular complexity index is 349. The Kier molecular flexibility index (Phi) is 2.48. The van der Waals surface area contributed by atoms with Crippen LogP contribution in [0.1, 0.15) is 36.4 Å². The van der Waals surface area contributed by atoms with Crippen LogP contribution in [0.25, 0.3) is 0 Å². The Hall–Kier alpha value is -1.38. The Morgan fingerprint density at radius 2 is 2.50 bits per heavy atom. The van der Waals surface area contributed by atoms with Crippen LogP contribution in [0.2, 0.25) is 0 Å². The highest BCUT2D eigenvalue weighted by Crippen LogP contribution is 2.31. The first-order valence-electron chi connectivity index (χ1n) is 4.93. The molecule has 74 valence electrons. The minimum absolute atomic E-state index is 0.123. The van der Waals surface area contributed by atoms with Gasteiger partial charge >= 0.3 is 5.97 Å². The molecule has 0 fully saturated rings. The van der Waals surface area contributed by atoms with Crippen molar-refractivity contribution in [2.75, 3.05) is 0 Å². The number of pyridine rings is 1. The van der Waals surface area contributed by atoms with E-state index in [9.17, 15) is 4.79 Å². The van der Waals surface area contributed by atoms with Gasteiger partial charge < -0.3 is 5.11 Å². The second kappa shape index (κ2) is 3.78. The summed E-state index contributed by atoms with van der Waals surface area (Å²) in [6.07, 6.45) is 5.04. The standard InChI is InChI=1S/C11H13NO2/c13-10(14)7-9-4-1-3-8-5-2-6-12-11(8)9/h2,5-6,9H,1,3-4,7H2,(H,13,14). The maximum absolute atomic E-state index is 10.6. The number of carboxylic acid groups (broad SMARTS) is 1. The van der Waals surface area contributed by atoms with Crippen LogP contribution in [0.15, 0.2) is 18.3 Å². The molecule has 0 amide bonds. The largest absolute Gasteiger partial charge is 0.481 e. The number of aromatic nitrogens is 1. The first kappa shape index (κ1) is 9.19. The van der Waals surface area contributed by atoms with E-state index in [0.717, 1.165) is 25.0 Å². The molecule has 1 aromatic heterocycles. The summed E-state index contributed by atoms with van der Waals surface area (Å²) in [5.74, 6) is -0.606. The van der Waals surface area contributed by atoms with Gasteiger partial charge in [-0.3, -0.25) is 9.78 Å². The van der Waals surface area contributed by atoms with E-state index in [2.05, 4.69) is 11.1 Å². The number of nitrogens with zero attached hydrogens (tertiary/aromatic N) is 1. The highest BCUT2D eigenvalue weighted by atomic mass is 16.4. The van der Waals surface area contributed by atoms with Crippen molar-refractivity contribution >= 4 is 5.97 Å². The fourth-order valence-corrected chi connectivity index (χ4v) is 2.11. The first-order valence-corrected chi connectivity index (χ1v) is 4.93. The maximum Gasteiger partial charge on any atom is 0.304 e. The zero-order valence-corrected chi connectivity index (χ0v) is 7.94. The van der Waals surface area contributed by atoms with Crippen LogP contribution in [-0.4, -0.2) is 16.1 Å². The molecule has 3 nitrogen and oxygen atoms in total. The topological polar surface area (TPSA) is 50.2 Å². The van der Waals surface area contributed by atoms with E-state index in [4.69, 9.17) is 5.11 Å². The zero-order chi connectivity index (χ0) is 9.97. The maximum atomic E-state index is 10.6. The lowest BCUT2D eigenvalue weighted by Crippen LogP contribution is -2.14. The molecule has 1 heterocycles. The molecule has 0 aliphatic heterocycles. The lowest BCUT2D eigenvalue weighted by molar-refractivity contribution is -0.137. The molecule has 0 spiro atoms. The third-order valence-electron chi connectivity index (χ3n) is 2.73. The first-order chi connectivity index (χ1) is 6.77. The average Bonchev–Trinajstić information content (AvgIpc) is 2.18. The Labute approximate surface area is 82.8 Å². The van der Waals surface area contributed by atoms with Crippen molar-refractivity contribution in [2.24, 2.45) is 0 Å². The molecule has 0 radical (unpaired) electrons. The highest BCUT2D eigenvalue weighted by molar-refractivity contribution is 5.68.